The van der Waals surface area contributed by atoms with E-state index in [9.17, 15) is 4.39 Å². The summed E-state index contributed by atoms with van der Waals surface area (Å²) in [6.07, 6.45) is 1.16. The molecule has 0 spiro atoms. The molecule has 0 bridgehead atoms. The minimum absolute atomic E-state index is 0.111. The Kier molecular flexibility index (Phi) is 5.59. The van der Waals surface area contributed by atoms with Gasteiger partial charge in [0.1, 0.15) is 5.82 Å². The zero-order chi connectivity index (χ0) is 15.3. The maximum Gasteiger partial charge on any atom is 0.146 e. The molecule has 1 saturated heterocycles. The van der Waals surface area contributed by atoms with Gasteiger partial charge in [-0.15, -0.1) is 0 Å². The normalized spacial score (nSPS) is 17.2. The van der Waals surface area contributed by atoms with E-state index < -0.39 is 0 Å². The van der Waals surface area contributed by atoms with Crippen LogP contribution in [0.1, 0.15) is 27.2 Å². The van der Waals surface area contributed by atoms with Crippen molar-refractivity contribution in [2.45, 2.75) is 32.7 Å². The molecule has 3 nitrogen and oxygen atoms in total. The first-order valence-electron chi connectivity index (χ1n) is 7.92. The Labute approximate surface area is 128 Å². The average Bonchev–Trinajstić information content (AvgIpc) is 2.44. The predicted octanol–water partition coefficient (Wildman–Crippen LogP) is 2.73. The molecular weight excluding hydrogens is 265 g/mol. The minimum Gasteiger partial charge on any atom is -0.367 e. The molecule has 1 aliphatic rings. The summed E-state index contributed by atoms with van der Waals surface area (Å²) in [4.78, 5) is 4.63. The van der Waals surface area contributed by atoms with Crippen molar-refractivity contribution in [3.8, 4) is 0 Å². The van der Waals surface area contributed by atoms with Crippen molar-refractivity contribution in [2.75, 3.05) is 44.2 Å². The van der Waals surface area contributed by atoms with Crippen molar-refractivity contribution in [2.24, 2.45) is 0 Å². The van der Waals surface area contributed by atoms with Crippen LogP contribution in [0.15, 0.2) is 24.3 Å². The highest BCUT2D eigenvalue weighted by Gasteiger charge is 2.18. The summed E-state index contributed by atoms with van der Waals surface area (Å²) >= 11 is 0. The summed E-state index contributed by atoms with van der Waals surface area (Å²) < 4.78 is 13.8. The Morgan fingerprint density at radius 1 is 1.10 bits per heavy atom. The minimum atomic E-state index is -0.111. The van der Waals surface area contributed by atoms with Crippen LogP contribution in [0.4, 0.5) is 10.1 Å². The summed E-state index contributed by atoms with van der Waals surface area (Å²) in [6.45, 7) is 12.6. The van der Waals surface area contributed by atoms with Gasteiger partial charge in [-0.3, -0.25) is 4.90 Å². The largest absolute Gasteiger partial charge is 0.367 e. The van der Waals surface area contributed by atoms with Gasteiger partial charge in [0.05, 0.1) is 5.69 Å². The molecule has 0 aliphatic carbocycles. The van der Waals surface area contributed by atoms with Gasteiger partial charge in [-0.2, -0.15) is 0 Å². The SMILES string of the molecule is CC(C)(C)NCCCN1CCN(c2ccccc2F)CC1. The Balaban J connectivity index is 1.70. The Hall–Kier alpha value is -1.13. The molecule has 1 N–H and O–H groups in total. The van der Waals surface area contributed by atoms with Gasteiger partial charge in [0.15, 0.2) is 0 Å². The lowest BCUT2D eigenvalue weighted by Gasteiger charge is -2.36. The zero-order valence-corrected chi connectivity index (χ0v) is 13.5. The van der Waals surface area contributed by atoms with Gasteiger partial charge in [0, 0.05) is 31.7 Å². The van der Waals surface area contributed by atoms with E-state index >= 15 is 0 Å². The second kappa shape index (κ2) is 7.23. The van der Waals surface area contributed by atoms with Crippen molar-refractivity contribution in [3.05, 3.63) is 30.1 Å². The molecule has 0 amide bonds. The quantitative estimate of drug-likeness (QED) is 0.842. The van der Waals surface area contributed by atoms with Gasteiger partial charge in [0.25, 0.3) is 0 Å². The lowest BCUT2D eigenvalue weighted by molar-refractivity contribution is 0.249. The standard InChI is InChI=1S/C17H28FN3/c1-17(2,3)19-9-6-10-20-11-13-21(14-12-20)16-8-5-4-7-15(16)18/h4-5,7-8,19H,6,9-14H2,1-3H3. The molecule has 1 aliphatic heterocycles. The predicted molar refractivity (Wildman–Crippen MR) is 87.4 cm³/mol. The second-order valence-electron chi connectivity index (χ2n) is 6.81. The average molecular weight is 293 g/mol. The number of piperazine rings is 1. The van der Waals surface area contributed by atoms with Crippen LogP contribution in [-0.4, -0.2) is 49.7 Å². The smallest absolute Gasteiger partial charge is 0.146 e. The van der Waals surface area contributed by atoms with Crippen LogP contribution < -0.4 is 10.2 Å². The molecule has 1 aromatic carbocycles. The summed E-state index contributed by atoms with van der Waals surface area (Å²) in [5.74, 6) is -0.111. The van der Waals surface area contributed by atoms with E-state index in [0.29, 0.717) is 0 Å². The fourth-order valence-corrected chi connectivity index (χ4v) is 2.69. The first kappa shape index (κ1) is 16.2. The van der Waals surface area contributed by atoms with Crippen LogP contribution in [0.2, 0.25) is 0 Å². The van der Waals surface area contributed by atoms with Crippen molar-refractivity contribution in [1.29, 1.82) is 0 Å². The van der Waals surface area contributed by atoms with Gasteiger partial charge in [0.2, 0.25) is 0 Å². The maximum absolute atomic E-state index is 13.8. The van der Waals surface area contributed by atoms with Gasteiger partial charge in [-0.1, -0.05) is 12.1 Å². The number of anilines is 1. The van der Waals surface area contributed by atoms with Gasteiger partial charge < -0.3 is 10.2 Å². The lowest BCUT2D eigenvalue weighted by atomic mass is 10.1. The number of hydrogen-bond donors (Lipinski definition) is 1. The Morgan fingerprint density at radius 2 is 1.76 bits per heavy atom. The van der Waals surface area contributed by atoms with E-state index in [1.165, 1.54) is 0 Å². The molecule has 118 valence electrons. The first-order valence-corrected chi connectivity index (χ1v) is 7.92. The molecule has 0 unspecified atom stereocenters. The number of para-hydroxylation sites is 1. The molecule has 2 rings (SSSR count). The molecule has 1 fully saturated rings. The molecule has 21 heavy (non-hydrogen) atoms. The van der Waals surface area contributed by atoms with E-state index in [4.69, 9.17) is 0 Å². The molecule has 0 atom stereocenters. The number of benzene rings is 1. The fourth-order valence-electron chi connectivity index (χ4n) is 2.69. The Morgan fingerprint density at radius 3 is 2.38 bits per heavy atom. The van der Waals surface area contributed by atoms with E-state index in [1.807, 2.05) is 12.1 Å². The third-order valence-corrected chi connectivity index (χ3v) is 3.87. The number of nitrogens with zero attached hydrogens (tertiary/aromatic N) is 2. The Bertz CT molecular complexity index is 434. The van der Waals surface area contributed by atoms with Gasteiger partial charge in [-0.05, 0) is 52.4 Å². The van der Waals surface area contributed by atoms with Crippen LogP contribution in [0, 0.1) is 5.82 Å². The highest BCUT2D eigenvalue weighted by atomic mass is 19.1. The fraction of sp³-hybridized carbons (Fsp3) is 0.647. The summed E-state index contributed by atoms with van der Waals surface area (Å²) in [5.41, 5.74) is 0.940. The van der Waals surface area contributed by atoms with Crippen molar-refractivity contribution < 1.29 is 4.39 Å². The number of hydrogen-bond acceptors (Lipinski definition) is 3. The molecule has 0 aromatic heterocycles. The lowest BCUT2D eigenvalue weighted by Crippen LogP contribution is -2.47. The first-order chi connectivity index (χ1) is 9.96. The number of rotatable bonds is 5. The molecule has 0 saturated carbocycles. The van der Waals surface area contributed by atoms with E-state index in [0.717, 1.165) is 51.4 Å². The molecule has 0 radical (unpaired) electrons. The zero-order valence-electron chi connectivity index (χ0n) is 13.5. The molecule has 1 heterocycles. The van der Waals surface area contributed by atoms with Gasteiger partial charge >= 0.3 is 0 Å². The summed E-state index contributed by atoms with van der Waals surface area (Å²) in [7, 11) is 0. The molecule has 1 aromatic rings. The summed E-state index contributed by atoms with van der Waals surface area (Å²) in [6, 6.07) is 7.07. The third kappa shape index (κ3) is 5.29. The maximum atomic E-state index is 13.8. The van der Waals surface area contributed by atoms with Crippen LogP contribution in [0.5, 0.6) is 0 Å². The third-order valence-electron chi connectivity index (χ3n) is 3.87. The highest BCUT2D eigenvalue weighted by Crippen LogP contribution is 2.20. The van der Waals surface area contributed by atoms with E-state index in [1.54, 1.807) is 12.1 Å². The van der Waals surface area contributed by atoms with Crippen LogP contribution in [0.3, 0.4) is 0 Å². The van der Waals surface area contributed by atoms with Crippen LogP contribution >= 0.6 is 0 Å². The van der Waals surface area contributed by atoms with Gasteiger partial charge in [-0.25, -0.2) is 4.39 Å². The molecular formula is C17H28FN3. The second-order valence-corrected chi connectivity index (χ2v) is 6.81. The van der Waals surface area contributed by atoms with Crippen LogP contribution in [-0.2, 0) is 0 Å². The highest BCUT2D eigenvalue weighted by molar-refractivity contribution is 5.47. The monoisotopic (exact) mass is 293 g/mol. The van der Waals surface area contributed by atoms with Crippen molar-refractivity contribution in [3.63, 3.8) is 0 Å². The summed E-state index contributed by atoms with van der Waals surface area (Å²) in [5, 5.41) is 3.52. The van der Waals surface area contributed by atoms with Crippen molar-refractivity contribution >= 4 is 5.69 Å². The molecule has 4 heteroatoms. The van der Waals surface area contributed by atoms with Crippen LogP contribution in [0.25, 0.3) is 0 Å². The van der Waals surface area contributed by atoms with E-state index in [2.05, 4.69) is 35.9 Å². The number of halogens is 1. The number of nitrogens with one attached hydrogen (secondary N) is 1. The van der Waals surface area contributed by atoms with Crippen molar-refractivity contribution in [1.82, 2.24) is 10.2 Å². The topological polar surface area (TPSA) is 18.5 Å². The van der Waals surface area contributed by atoms with E-state index in [-0.39, 0.29) is 11.4 Å².